The minimum atomic E-state index is -0.693. The van der Waals surface area contributed by atoms with Gasteiger partial charge in [0.15, 0.2) is 0 Å². The zero-order chi connectivity index (χ0) is 28.8. The second-order valence-electron chi connectivity index (χ2n) is 14.3. The molecule has 6 rings (SSSR count). The number of hydrogen-bond acceptors (Lipinski definition) is 8. The van der Waals surface area contributed by atoms with E-state index >= 15 is 0 Å². The number of aliphatic hydroxyl groups excluding tert-OH is 1. The number of carbonyl (C=O) groups is 2. The molecular formula is C32H48O8. The van der Waals surface area contributed by atoms with Crippen LogP contribution in [0.25, 0.3) is 0 Å². The van der Waals surface area contributed by atoms with Gasteiger partial charge in [0.1, 0.15) is 6.10 Å². The molecule has 8 heteroatoms. The summed E-state index contributed by atoms with van der Waals surface area (Å²) in [5.41, 5.74) is 0.979. The van der Waals surface area contributed by atoms with E-state index in [1.165, 1.54) is 18.3 Å². The Kier molecular flexibility index (Phi) is 7.00. The molecule has 3 aliphatic carbocycles. The van der Waals surface area contributed by atoms with Crippen molar-refractivity contribution in [2.24, 2.45) is 45.8 Å². The van der Waals surface area contributed by atoms with Crippen molar-refractivity contribution in [3.8, 4) is 0 Å². The molecule has 224 valence electrons. The average molecular weight is 561 g/mol. The Morgan fingerprint density at radius 3 is 2.60 bits per heavy atom. The van der Waals surface area contributed by atoms with Crippen LogP contribution in [0.5, 0.6) is 0 Å². The third kappa shape index (κ3) is 3.70. The van der Waals surface area contributed by atoms with Crippen molar-refractivity contribution in [3.63, 3.8) is 0 Å². The Morgan fingerprint density at radius 2 is 1.95 bits per heavy atom. The van der Waals surface area contributed by atoms with Gasteiger partial charge in [-0.2, -0.15) is 0 Å². The minimum Gasteiger partial charge on any atom is -0.469 e. The highest BCUT2D eigenvalue weighted by Gasteiger charge is 2.78. The fourth-order valence-electron chi connectivity index (χ4n) is 10.3. The molecule has 3 aliphatic heterocycles. The quantitative estimate of drug-likeness (QED) is 0.383. The molecule has 1 N–H and O–H groups in total. The number of aliphatic hydroxyl groups is 1. The summed E-state index contributed by atoms with van der Waals surface area (Å²) in [5, 5.41) is 11.5. The Morgan fingerprint density at radius 1 is 1.20 bits per heavy atom. The molecule has 3 unspecified atom stereocenters. The molecule has 0 amide bonds. The lowest BCUT2D eigenvalue weighted by Crippen LogP contribution is -2.70. The smallest absolute Gasteiger partial charge is 0.308 e. The monoisotopic (exact) mass is 560 g/mol. The van der Waals surface area contributed by atoms with Crippen LogP contribution in [0.2, 0.25) is 0 Å². The molecule has 2 saturated carbocycles. The van der Waals surface area contributed by atoms with Crippen LogP contribution in [-0.4, -0.2) is 74.5 Å². The van der Waals surface area contributed by atoms with Crippen molar-refractivity contribution in [3.05, 3.63) is 11.1 Å². The Labute approximate surface area is 238 Å². The number of carbonyl (C=O) groups excluding carboxylic acids is 2. The van der Waals surface area contributed by atoms with Gasteiger partial charge in [0.05, 0.1) is 50.7 Å². The fraction of sp³-hybridized carbons (Fsp3) is 0.875. The second kappa shape index (κ2) is 9.78. The summed E-state index contributed by atoms with van der Waals surface area (Å²) in [6.07, 6.45) is 1.36. The molecule has 3 heterocycles. The van der Waals surface area contributed by atoms with Crippen molar-refractivity contribution in [1.82, 2.24) is 0 Å². The Hall–Kier alpha value is -1.48. The first-order valence-corrected chi connectivity index (χ1v) is 15.4. The predicted molar refractivity (Wildman–Crippen MR) is 146 cm³/mol. The largest absolute Gasteiger partial charge is 0.469 e. The fourth-order valence-corrected chi connectivity index (χ4v) is 10.3. The molecule has 0 spiro atoms. The number of hydrogen-bond donors (Lipinski definition) is 1. The van der Waals surface area contributed by atoms with Gasteiger partial charge in [-0.25, -0.2) is 0 Å². The van der Waals surface area contributed by atoms with Crippen LogP contribution in [-0.2, 0) is 33.3 Å². The Balaban J connectivity index is 1.51. The van der Waals surface area contributed by atoms with Crippen LogP contribution >= 0.6 is 0 Å². The molecule has 0 aromatic heterocycles. The summed E-state index contributed by atoms with van der Waals surface area (Å²) in [6, 6.07) is 0. The maximum atomic E-state index is 13.3. The first kappa shape index (κ1) is 28.6. The number of methoxy groups -OCH3 is 1. The lowest BCUT2D eigenvalue weighted by Gasteiger charge is -2.65. The molecule has 0 aromatic carbocycles. The van der Waals surface area contributed by atoms with Crippen LogP contribution in [0.3, 0.4) is 0 Å². The minimum absolute atomic E-state index is 0.0361. The van der Waals surface area contributed by atoms with Crippen LogP contribution in [0.1, 0.15) is 73.6 Å². The summed E-state index contributed by atoms with van der Waals surface area (Å²) < 4.78 is 31.1. The summed E-state index contributed by atoms with van der Waals surface area (Å²) in [5.74, 6) is -0.267. The zero-order valence-electron chi connectivity index (χ0n) is 25.2. The molecule has 6 aliphatic rings. The third-order valence-corrected chi connectivity index (χ3v) is 12.6. The van der Waals surface area contributed by atoms with E-state index in [1.54, 1.807) is 0 Å². The molecule has 8 nitrogen and oxygen atoms in total. The van der Waals surface area contributed by atoms with Gasteiger partial charge in [0.2, 0.25) is 0 Å². The Bertz CT molecular complexity index is 1080. The second-order valence-corrected chi connectivity index (χ2v) is 14.3. The zero-order valence-corrected chi connectivity index (χ0v) is 25.2. The van der Waals surface area contributed by atoms with Gasteiger partial charge in [0.25, 0.3) is 0 Å². The lowest BCUT2D eigenvalue weighted by molar-refractivity contribution is -0.250. The van der Waals surface area contributed by atoms with E-state index in [0.717, 1.165) is 26.1 Å². The van der Waals surface area contributed by atoms with E-state index in [9.17, 15) is 14.7 Å². The van der Waals surface area contributed by atoms with Crippen molar-refractivity contribution < 1.29 is 38.4 Å². The lowest BCUT2D eigenvalue weighted by atomic mass is 9.40. The standard InChI is InChI=1S/C32H48O8/c1-8-16(2)29(35)40-23-13-22(33)30(4)15-38-26-27(30)31(23,5)21(12-24(34)36-7)32(6)25-17(3)19(18-9-10-37-14-18)11-20(25)39-28(26)32/h16,18-23,26-28,33H,8-15H2,1-7H3/t16?,18?,19-,20-,21?,22-,23+,26-,27+,28-,30-,31+,32-/m1/s1. The summed E-state index contributed by atoms with van der Waals surface area (Å²) in [4.78, 5) is 26.5. The van der Waals surface area contributed by atoms with Gasteiger partial charge in [0, 0.05) is 41.6 Å². The maximum absolute atomic E-state index is 13.3. The average Bonchev–Trinajstić information content (AvgIpc) is 3.70. The molecule has 0 radical (unpaired) electrons. The molecule has 3 saturated heterocycles. The van der Waals surface area contributed by atoms with Gasteiger partial charge in [-0.3, -0.25) is 9.59 Å². The first-order valence-electron chi connectivity index (χ1n) is 15.4. The van der Waals surface area contributed by atoms with E-state index in [0.29, 0.717) is 31.3 Å². The first-order chi connectivity index (χ1) is 18.9. The van der Waals surface area contributed by atoms with Crippen LogP contribution < -0.4 is 0 Å². The number of ether oxygens (including phenoxy) is 5. The highest BCUT2D eigenvalue weighted by Crippen LogP contribution is 2.73. The summed E-state index contributed by atoms with van der Waals surface area (Å²) in [7, 11) is 1.44. The van der Waals surface area contributed by atoms with Gasteiger partial charge in [-0.15, -0.1) is 0 Å². The van der Waals surface area contributed by atoms with Crippen molar-refractivity contribution in [2.45, 2.75) is 104 Å². The highest BCUT2D eigenvalue weighted by molar-refractivity contribution is 5.72. The van der Waals surface area contributed by atoms with Crippen LogP contribution in [0.15, 0.2) is 11.1 Å². The van der Waals surface area contributed by atoms with Gasteiger partial charge in [-0.1, -0.05) is 40.2 Å². The summed E-state index contributed by atoms with van der Waals surface area (Å²) in [6.45, 7) is 14.7. The van der Waals surface area contributed by atoms with E-state index < -0.39 is 28.5 Å². The molecule has 0 bridgehead atoms. The topological polar surface area (TPSA) is 101 Å². The SMILES string of the molecule is CCC(C)C(=O)O[C@H]1C[C@@H](O)[C@@]2(C)CO[C@H]3[C@H]4O[C@@H]5C[C@@H](C6CCOC6)C(C)=C5[C@@]4(C)C(CC(=O)OC)[C@]1(C)[C@@H]32. The maximum Gasteiger partial charge on any atom is 0.308 e. The van der Waals surface area contributed by atoms with Crippen molar-refractivity contribution >= 4 is 11.9 Å². The van der Waals surface area contributed by atoms with Crippen molar-refractivity contribution in [2.75, 3.05) is 26.9 Å². The summed E-state index contributed by atoms with van der Waals surface area (Å²) >= 11 is 0. The number of esters is 2. The van der Waals surface area contributed by atoms with E-state index in [-0.39, 0.29) is 54.4 Å². The molecule has 5 fully saturated rings. The predicted octanol–water partition coefficient (Wildman–Crippen LogP) is 4.08. The van der Waals surface area contributed by atoms with Gasteiger partial charge >= 0.3 is 11.9 Å². The number of rotatable bonds is 6. The molecule has 40 heavy (non-hydrogen) atoms. The number of fused-ring (bicyclic) bond motifs is 4. The van der Waals surface area contributed by atoms with Gasteiger partial charge in [-0.05, 0) is 49.5 Å². The van der Waals surface area contributed by atoms with Gasteiger partial charge < -0.3 is 28.8 Å². The normalized spacial score (nSPS) is 49.9. The van der Waals surface area contributed by atoms with Crippen molar-refractivity contribution in [1.29, 1.82) is 0 Å². The van der Waals surface area contributed by atoms with Crippen LogP contribution in [0.4, 0.5) is 0 Å². The number of allylic oxidation sites excluding steroid dienone is 1. The molecular weight excluding hydrogens is 512 g/mol. The third-order valence-electron chi connectivity index (χ3n) is 12.6. The van der Waals surface area contributed by atoms with E-state index in [2.05, 4.69) is 27.7 Å². The molecule has 13 atom stereocenters. The molecule has 0 aromatic rings. The van der Waals surface area contributed by atoms with Crippen LogP contribution in [0, 0.1) is 45.8 Å². The van der Waals surface area contributed by atoms with E-state index in [4.69, 9.17) is 23.7 Å². The van der Waals surface area contributed by atoms with E-state index in [1.807, 2.05) is 13.8 Å². The highest BCUT2D eigenvalue weighted by atomic mass is 16.6.